The molecule has 3 aromatic rings. The lowest BCUT2D eigenvalue weighted by Crippen LogP contribution is -2.06. The van der Waals surface area contributed by atoms with Crippen LogP contribution >= 0.6 is 0 Å². The predicted octanol–water partition coefficient (Wildman–Crippen LogP) is 3.51. The Balaban J connectivity index is 2.01. The third kappa shape index (κ3) is 3.54. The molecule has 3 rings (SSSR count). The molecule has 0 aliphatic heterocycles. The lowest BCUT2D eigenvalue weighted by molar-refractivity contribution is 0.0593. The number of fused-ring (bicyclic) bond motifs is 1. The highest BCUT2D eigenvalue weighted by Gasteiger charge is 2.16. The van der Waals surface area contributed by atoms with E-state index in [0.29, 0.717) is 23.6 Å². The van der Waals surface area contributed by atoms with E-state index in [4.69, 9.17) is 15.0 Å². The van der Waals surface area contributed by atoms with Gasteiger partial charge in [-0.3, -0.25) is 4.40 Å². The summed E-state index contributed by atoms with van der Waals surface area (Å²) < 4.78 is 12.2. The summed E-state index contributed by atoms with van der Waals surface area (Å²) in [5.74, 6) is -0.0212. The third-order valence-electron chi connectivity index (χ3n) is 3.58. The highest BCUT2D eigenvalue weighted by Crippen LogP contribution is 2.24. The molecule has 2 heterocycles. The number of benzene rings is 1. The summed E-state index contributed by atoms with van der Waals surface area (Å²) in [5, 5.41) is 3.56. The first-order chi connectivity index (χ1) is 12.2. The number of ether oxygens (including phenoxy) is 2. The molecule has 0 atom stereocenters. The van der Waals surface area contributed by atoms with Gasteiger partial charge in [0.05, 0.1) is 19.9 Å². The van der Waals surface area contributed by atoms with Crippen molar-refractivity contribution in [2.24, 2.45) is 5.11 Å². The van der Waals surface area contributed by atoms with Crippen molar-refractivity contribution in [2.75, 3.05) is 7.11 Å². The number of methoxy groups -OCH3 is 1. The molecule has 0 saturated heterocycles. The SMILES string of the molecule is COC(=O)c1cnc2c(OCc3ccccc3)cc(CN=[N+]=[N-])cn12. The van der Waals surface area contributed by atoms with Crippen molar-refractivity contribution in [1.82, 2.24) is 9.38 Å². The first-order valence-corrected chi connectivity index (χ1v) is 7.49. The van der Waals surface area contributed by atoms with Crippen molar-refractivity contribution in [1.29, 1.82) is 0 Å². The van der Waals surface area contributed by atoms with Crippen molar-refractivity contribution < 1.29 is 14.3 Å². The maximum atomic E-state index is 11.9. The summed E-state index contributed by atoms with van der Waals surface area (Å²) in [4.78, 5) is 18.9. The second-order valence-electron chi connectivity index (χ2n) is 5.20. The molecule has 0 amide bonds. The molecule has 0 unspecified atom stereocenters. The molecule has 0 fully saturated rings. The number of rotatable bonds is 6. The van der Waals surface area contributed by atoms with Crippen molar-refractivity contribution >= 4 is 11.6 Å². The third-order valence-corrected chi connectivity index (χ3v) is 3.58. The number of azide groups is 1. The van der Waals surface area contributed by atoms with Crippen molar-refractivity contribution in [3.63, 3.8) is 0 Å². The molecule has 0 aliphatic rings. The second kappa shape index (κ2) is 7.37. The summed E-state index contributed by atoms with van der Waals surface area (Å²) in [7, 11) is 1.30. The highest BCUT2D eigenvalue weighted by molar-refractivity contribution is 5.88. The summed E-state index contributed by atoms with van der Waals surface area (Å²) >= 11 is 0. The minimum absolute atomic E-state index is 0.132. The molecule has 0 spiro atoms. The van der Waals surface area contributed by atoms with Gasteiger partial charge in [0, 0.05) is 11.1 Å². The standard InChI is InChI=1S/C17H15N5O3/c1-24-17(23)14-9-19-16-15(25-11-12-5-3-2-4-6-12)7-13(8-20-21-18)10-22(14)16/h2-7,9-10H,8,11H2,1H3. The van der Waals surface area contributed by atoms with Crippen LogP contribution in [0.3, 0.4) is 0 Å². The van der Waals surface area contributed by atoms with Gasteiger partial charge in [0.2, 0.25) is 0 Å². The van der Waals surface area contributed by atoms with Crippen LogP contribution in [-0.4, -0.2) is 22.5 Å². The monoisotopic (exact) mass is 337 g/mol. The first kappa shape index (κ1) is 16.4. The topological polar surface area (TPSA) is 102 Å². The summed E-state index contributed by atoms with van der Waals surface area (Å²) in [6, 6.07) is 11.4. The molecular weight excluding hydrogens is 322 g/mol. The number of hydrogen-bond acceptors (Lipinski definition) is 5. The van der Waals surface area contributed by atoms with Crippen LogP contribution in [0.2, 0.25) is 0 Å². The smallest absolute Gasteiger partial charge is 0.356 e. The molecular formula is C17H15N5O3. The van der Waals surface area contributed by atoms with Gasteiger partial charge >= 0.3 is 5.97 Å². The zero-order chi connectivity index (χ0) is 17.6. The van der Waals surface area contributed by atoms with Gasteiger partial charge in [-0.2, -0.15) is 0 Å². The molecule has 0 bridgehead atoms. The van der Waals surface area contributed by atoms with Gasteiger partial charge in [0.1, 0.15) is 6.61 Å². The lowest BCUT2D eigenvalue weighted by Gasteiger charge is -2.10. The molecule has 8 nitrogen and oxygen atoms in total. The Labute approximate surface area is 143 Å². The number of aromatic nitrogens is 2. The van der Waals surface area contributed by atoms with Gasteiger partial charge in [-0.25, -0.2) is 9.78 Å². The molecule has 0 saturated carbocycles. The number of hydrogen-bond donors (Lipinski definition) is 0. The Bertz CT molecular complexity index is 946. The molecule has 1 aromatic carbocycles. The largest absolute Gasteiger partial charge is 0.485 e. The average molecular weight is 337 g/mol. The first-order valence-electron chi connectivity index (χ1n) is 7.49. The second-order valence-corrected chi connectivity index (χ2v) is 5.20. The quantitative estimate of drug-likeness (QED) is 0.297. The lowest BCUT2D eigenvalue weighted by atomic mass is 10.2. The van der Waals surface area contributed by atoms with E-state index in [-0.39, 0.29) is 12.2 Å². The maximum Gasteiger partial charge on any atom is 0.356 e. The Hall–Kier alpha value is -3.51. The number of nitrogens with zero attached hydrogens (tertiary/aromatic N) is 5. The van der Waals surface area contributed by atoms with Gasteiger partial charge in [0.15, 0.2) is 17.1 Å². The van der Waals surface area contributed by atoms with Crippen LogP contribution in [0.15, 0.2) is 53.9 Å². The van der Waals surface area contributed by atoms with E-state index in [9.17, 15) is 4.79 Å². The van der Waals surface area contributed by atoms with E-state index >= 15 is 0 Å². The number of pyridine rings is 1. The highest BCUT2D eigenvalue weighted by atomic mass is 16.5. The number of carbonyl (C=O) groups excluding carboxylic acids is 1. The number of imidazole rings is 1. The summed E-state index contributed by atoms with van der Waals surface area (Å²) in [5.41, 5.74) is 11.0. The molecule has 0 N–H and O–H groups in total. The maximum absolute atomic E-state index is 11.9. The van der Waals surface area contributed by atoms with E-state index in [0.717, 1.165) is 5.56 Å². The van der Waals surface area contributed by atoms with E-state index < -0.39 is 5.97 Å². The van der Waals surface area contributed by atoms with Crippen LogP contribution in [0.1, 0.15) is 21.6 Å². The van der Waals surface area contributed by atoms with Crippen molar-refractivity contribution in [3.05, 3.63) is 76.1 Å². The average Bonchev–Trinajstić information content (AvgIpc) is 3.08. The Morgan fingerprint density at radius 1 is 1.32 bits per heavy atom. The Morgan fingerprint density at radius 2 is 2.12 bits per heavy atom. The molecule has 8 heteroatoms. The summed E-state index contributed by atoms with van der Waals surface area (Å²) in [6.45, 7) is 0.481. The van der Waals surface area contributed by atoms with Crippen LogP contribution in [-0.2, 0) is 17.9 Å². The zero-order valence-corrected chi connectivity index (χ0v) is 13.5. The summed E-state index contributed by atoms with van der Waals surface area (Å²) in [6.07, 6.45) is 3.10. The van der Waals surface area contributed by atoms with Crippen molar-refractivity contribution in [3.8, 4) is 5.75 Å². The molecule has 0 radical (unpaired) electrons. The predicted molar refractivity (Wildman–Crippen MR) is 90.2 cm³/mol. The van der Waals surface area contributed by atoms with E-state index in [1.165, 1.54) is 13.3 Å². The van der Waals surface area contributed by atoms with E-state index in [2.05, 4.69) is 15.0 Å². The molecule has 126 valence electrons. The fraction of sp³-hybridized carbons (Fsp3) is 0.176. The van der Waals surface area contributed by atoms with Crippen molar-refractivity contribution in [2.45, 2.75) is 13.2 Å². The van der Waals surface area contributed by atoms with Crippen LogP contribution in [0.25, 0.3) is 16.1 Å². The normalized spacial score (nSPS) is 10.3. The van der Waals surface area contributed by atoms with Gasteiger partial charge in [-0.1, -0.05) is 35.4 Å². The van der Waals surface area contributed by atoms with Crippen LogP contribution < -0.4 is 4.74 Å². The van der Waals surface area contributed by atoms with Crippen LogP contribution in [0.4, 0.5) is 0 Å². The van der Waals surface area contributed by atoms with Gasteiger partial charge in [0.25, 0.3) is 0 Å². The van der Waals surface area contributed by atoms with Gasteiger partial charge in [-0.05, 0) is 22.7 Å². The van der Waals surface area contributed by atoms with Crippen LogP contribution in [0, 0.1) is 0 Å². The van der Waals surface area contributed by atoms with Gasteiger partial charge in [-0.15, -0.1) is 0 Å². The molecule has 25 heavy (non-hydrogen) atoms. The van der Waals surface area contributed by atoms with Crippen LogP contribution in [0.5, 0.6) is 5.75 Å². The fourth-order valence-corrected chi connectivity index (χ4v) is 2.41. The molecule has 2 aromatic heterocycles. The minimum atomic E-state index is -0.512. The van der Waals surface area contributed by atoms with E-state index in [1.807, 2.05) is 30.3 Å². The zero-order valence-electron chi connectivity index (χ0n) is 13.5. The number of esters is 1. The Kier molecular flexibility index (Phi) is 4.82. The fourth-order valence-electron chi connectivity index (χ4n) is 2.41. The molecule has 0 aliphatic carbocycles. The van der Waals surface area contributed by atoms with E-state index in [1.54, 1.807) is 16.7 Å². The Morgan fingerprint density at radius 3 is 2.84 bits per heavy atom. The number of carbonyl (C=O) groups is 1. The minimum Gasteiger partial charge on any atom is -0.485 e. The van der Waals surface area contributed by atoms with Gasteiger partial charge < -0.3 is 9.47 Å².